The van der Waals surface area contributed by atoms with Gasteiger partial charge in [-0.1, -0.05) is 41.4 Å². The molecule has 0 atom stereocenters. The fraction of sp³-hybridized carbons (Fsp3) is 0.200. The van der Waals surface area contributed by atoms with E-state index in [1.165, 1.54) is 0 Å². The minimum Gasteiger partial charge on any atom is -0.319 e. The predicted molar refractivity (Wildman–Crippen MR) is 101 cm³/mol. The molecule has 4 nitrogen and oxygen atoms in total. The lowest BCUT2D eigenvalue weighted by Crippen LogP contribution is -2.13. The summed E-state index contributed by atoms with van der Waals surface area (Å²) >= 11 is 6.05. The fourth-order valence-electron chi connectivity index (χ4n) is 2.81. The fourth-order valence-corrected chi connectivity index (χ4v) is 3.02. The summed E-state index contributed by atoms with van der Waals surface area (Å²) < 4.78 is 1.88. The number of carbonyl (C=O) groups is 1. The first-order valence-electron chi connectivity index (χ1n) is 8.10. The third-order valence-electron chi connectivity index (χ3n) is 4.12. The van der Waals surface area contributed by atoms with E-state index in [1.807, 2.05) is 74.0 Å². The maximum atomic E-state index is 12.5. The maximum absolute atomic E-state index is 12.5. The van der Waals surface area contributed by atoms with E-state index in [4.69, 9.17) is 11.6 Å². The topological polar surface area (TPSA) is 46.9 Å². The van der Waals surface area contributed by atoms with Crippen molar-refractivity contribution in [1.82, 2.24) is 9.78 Å². The summed E-state index contributed by atoms with van der Waals surface area (Å²) in [5, 5.41) is 8.25. The van der Waals surface area contributed by atoms with Crippen molar-refractivity contribution in [2.45, 2.75) is 27.3 Å². The highest BCUT2D eigenvalue weighted by Gasteiger charge is 2.15. The molecule has 3 aromatic rings. The highest BCUT2D eigenvalue weighted by atomic mass is 35.5. The van der Waals surface area contributed by atoms with Crippen LogP contribution in [0, 0.1) is 20.8 Å². The van der Waals surface area contributed by atoms with Crippen molar-refractivity contribution in [3.05, 3.63) is 81.6 Å². The largest absolute Gasteiger partial charge is 0.319 e. The zero-order valence-corrected chi connectivity index (χ0v) is 15.3. The average molecular weight is 354 g/mol. The second-order valence-electron chi connectivity index (χ2n) is 6.16. The lowest BCUT2D eigenvalue weighted by atomic mass is 10.1. The molecule has 1 amide bonds. The molecule has 0 spiro atoms. The van der Waals surface area contributed by atoms with Crippen molar-refractivity contribution >= 4 is 23.2 Å². The minimum absolute atomic E-state index is 0.128. The van der Waals surface area contributed by atoms with Crippen molar-refractivity contribution in [1.29, 1.82) is 0 Å². The summed E-state index contributed by atoms with van der Waals surface area (Å²) in [4.78, 5) is 12.5. The Morgan fingerprint density at radius 3 is 2.60 bits per heavy atom. The highest BCUT2D eigenvalue weighted by Crippen LogP contribution is 2.22. The van der Waals surface area contributed by atoms with E-state index >= 15 is 0 Å². The Morgan fingerprint density at radius 1 is 1.12 bits per heavy atom. The normalized spacial score (nSPS) is 10.7. The SMILES string of the molecule is Cc1cccc(C(=O)Nc2c(C)nn(Cc3cccc(Cl)c3)c2C)c1. The van der Waals surface area contributed by atoms with Crippen LogP contribution in [0.2, 0.25) is 5.02 Å². The summed E-state index contributed by atoms with van der Waals surface area (Å²) in [6, 6.07) is 15.2. The second kappa shape index (κ2) is 7.11. The average Bonchev–Trinajstić information content (AvgIpc) is 2.82. The molecule has 0 unspecified atom stereocenters. The Labute approximate surface area is 152 Å². The smallest absolute Gasteiger partial charge is 0.255 e. The molecule has 1 aromatic heterocycles. The van der Waals surface area contributed by atoms with Crippen LogP contribution in [0.3, 0.4) is 0 Å². The molecule has 0 aliphatic carbocycles. The number of anilines is 1. The summed E-state index contributed by atoms with van der Waals surface area (Å²) in [6.45, 7) is 6.42. The molecule has 2 aromatic carbocycles. The predicted octanol–water partition coefficient (Wildman–Crippen LogP) is 4.76. The number of aryl methyl sites for hydroxylation is 2. The van der Waals surface area contributed by atoms with Gasteiger partial charge in [0.15, 0.2) is 0 Å². The van der Waals surface area contributed by atoms with Gasteiger partial charge in [0.25, 0.3) is 5.91 Å². The van der Waals surface area contributed by atoms with Gasteiger partial charge in [0.05, 0.1) is 23.6 Å². The van der Waals surface area contributed by atoms with E-state index in [1.54, 1.807) is 0 Å². The quantitative estimate of drug-likeness (QED) is 0.734. The molecule has 0 aliphatic heterocycles. The Bertz CT molecular complexity index is 930. The number of nitrogens with zero attached hydrogens (tertiary/aromatic N) is 2. The van der Waals surface area contributed by atoms with Gasteiger partial charge in [0.2, 0.25) is 0 Å². The molecule has 5 heteroatoms. The summed E-state index contributed by atoms with van der Waals surface area (Å²) in [5.41, 5.74) is 5.22. The number of aromatic nitrogens is 2. The summed E-state index contributed by atoms with van der Waals surface area (Å²) in [6.07, 6.45) is 0. The molecule has 128 valence electrons. The first kappa shape index (κ1) is 17.2. The molecule has 0 saturated heterocycles. The maximum Gasteiger partial charge on any atom is 0.255 e. The molecular formula is C20H20ClN3O. The van der Waals surface area contributed by atoms with Gasteiger partial charge in [-0.15, -0.1) is 0 Å². The first-order valence-corrected chi connectivity index (χ1v) is 8.48. The van der Waals surface area contributed by atoms with Gasteiger partial charge in [0.1, 0.15) is 0 Å². The van der Waals surface area contributed by atoms with Crippen LogP contribution in [-0.4, -0.2) is 15.7 Å². The van der Waals surface area contributed by atoms with Crippen molar-refractivity contribution in [3.63, 3.8) is 0 Å². The third kappa shape index (κ3) is 3.91. The van der Waals surface area contributed by atoms with Crippen LogP contribution >= 0.6 is 11.6 Å². The van der Waals surface area contributed by atoms with Gasteiger partial charge in [-0.3, -0.25) is 9.48 Å². The molecule has 1 heterocycles. The molecule has 0 radical (unpaired) electrons. The van der Waals surface area contributed by atoms with E-state index < -0.39 is 0 Å². The van der Waals surface area contributed by atoms with E-state index in [0.717, 1.165) is 28.2 Å². The first-order chi connectivity index (χ1) is 11.9. The monoisotopic (exact) mass is 353 g/mol. The Balaban J connectivity index is 1.83. The van der Waals surface area contributed by atoms with Crippen molar-refractivity contribution in [3.8, 4) is 0 Å². The number of carbonyl (C=O) groups excluding carboxylic acids is 1. The molecule has 0 fully saturated rings. The van der Waals surface area contributed by atoms with Gasteiger partial charge in [-0.2, -0.15) is 5.10 Å². The molecule has 0 aliphatic rings. The van der Waals surface area contributed by atoms with Gasteiger partial charge < -0.3 is 5.32 Å². The molecule has 3 rings (SSSR count). The van der Waals surface area contributed by atoms with Crippen LogP contribution < -0.4 is 5.32 Å². The number of nitrogens with one attached hydrogen (secondary N) is 1. The summed E-state index contributed by atoms with van der Waals surface area (Å²) in [5.74, 6) is -0.128. The van der Waals surface area contributed by atoms with E-state index in [2.05, 4.69) is 10.4 Å². The lowest BCUT2D eigenvalue weighted by Gasteiger charge is -2.08. The van der Waals surface area contributed by atoms with Gasteiger partial charge in [-0.05, 0) is 50.6 Å². The van der Waals surface area contributed by atoms with Crippen LogP contribution in [0.1, 0.15) is 32.9 Å². The van der Waals surface area contributed by atoms with Crippen molar-refractivity contribution in [2.75, 3.05) is 5.32 Å². The lowest BCUT2D eigenvalue weighted by molar-refractivity contribution is 0.102. The Morgan fingerprint density at radius 2 is 1.88 bits per heavy atom. The molecule has 1 N–H and O–H groups in total. The second-order valence-corrected chi connectivity index (χ2v) is 6.59. The molecule has 25 heavy (non-hydrogen) atoms. The molecular weight excluding hydrogens is 334 g/mol. The Kier molecular flexibility index (Phi) is 4.91. The van der Waals surface area contributed by atoms with E-state index in [0.29, 0.717) is 17.1 Å². The zero-order chi connectivity index (χ0) is 18.0. The molecule has 0 bridgehead atoms. The number of rotatable bonds is 4. The Hall–Kier alpha value is -2.59. The minimum atomic E-state index is -0.128. The summed E-state index contributed by atoms with van der Waals surface area (Å²) in [7, 11) is 0. The van der Waals surface area contributed by atoms with Crippen LogP contribution in [0.25, 0.3) is 0 Å². The third-order valence-corrected chi connectivity index (χ3v) is 4.36. The van der Waals surface area contributed by atoms with Crippen LogP contribution in [-0.2, 0) is 6.54 Å². The van der Waals surface area contributed by atoms with E-state index in [-0.39, 0.29) is 5.91 Å². The van der Waals surface area contributed by atoms with Crippen LogP contribution in [0.15, 0.2) is 48.5 Å². The number of hydrogen-bond acceptors (Lipinski definition) is 2. The van der Waals surface area contributed by atoms with Crippen LogP contribution in [0.4, 0.5) is 5.69 Å². The number of halogens is 1. The molecule has 0 saturated carbocycles. The van der Waals surface area contributed by atoms with Gasteiger partial charge in [-0.25, -0.2) is 0 Å². The van der Waals surface area contributed by atoms with Crippen LogP contribution in [0.5, 0.6) is 0 Å². The number of benzene rings is 2. The van der Waals surface area contributed by atoms with Crippen molar-refractivity contribution in [2.24, 2.45) is 0 Å². The van der Waals surface area contributed by atoms with Crippen molar-refractivity contribution < 1.29 is 4.79 Å². The van der Waals surface area contributed by atoms with E-state index in [9.17, 15) is 4.79 Å². The highest BCUT2D eigenvalue weighted by molar-refractivity contribution is 6.30. The van der Waals surface area contributed by atoms with Gasteiger partial charge >= 0.3 is 0 Å². The number of amides is 1. The standard InChI is InChI=1S/C20H20ClN3O/c1-13-6-4-8-17(10-13)20(25)22-19-14(2)23-24(15(19)3)12-16-7-5-9-18(21)11-16/h4-11H,12H2,1-3H3,(H,22,25). The zero-order valence-electron chi connectivity index (χ0n) is 14.5. The van der Waals surface area contributed by atoms with Gasteiger partial charge in [0, 0.05) is 10.6 Å². The number of hydrogen-bond donors (Lipinski definition) is 1.